The lowest BCUT2D eigenvalue weighted by molar-refractivity contribution is -0.114. The van der Waals surface area contributed by atoms with E-state index in [1.165, 1.54) is 4.31 Å². The number of rotatable bonds is 2. The van der Waals surface area contributed by atoms with Crippen LogP contribution >= 0.6 is 0 Å². The Balaban J connectivity index is 1.96. The first-order chi connectivity index (χ1) is 10.4. The number of hydrogen-bond acceptors (Lipinski definition) is 3. The minimum absolute atomic E-state index is 0.107. The fourth-order valence-electron chi connectivity index (χ4n) is 2.94. The van der Waals surface area contributed by atoms with Crippen molar-refractivity contribution in [3.05, 3.63) is 52.6 Å². The molecular weight excluding hydrogens is 298 g/mol. The van der Waals surface area contributed by atoms with Crippen molar-refractivity contribution in [2.75, 3.05) is 13.1 Å². The van der Waals surface area contributed by atoms with Gasteiger partial charge in [-0.1, -0.05) is 23.8 Å². The number of sulfonamides is 1. The van der Waals surface area contributed by atoms with E-state index >= 15 is 0 Å². The van der Waals surface area contributed by atoms with Gasteiger partial charge in [-0.3, -0.25) is 4.79 Å². The zero-order chi connectivity index (χ0) is 15.9. The Hall–Kier alpha value is -1.72. The van der Waals surface area contributed by atoms with Crippen molar-refractivity contribution in [3.63, 3.8) is 0 Å². The number of Topliss-reactive ketones (excluding diaryl/α,β-unsaturated/α-hetero) is 1. The van der Waals surface area contributed by atoms with Crippen molar-refractivity contribution in [2.24, 2.45) is 0 Å². The van der Waals surface area contributed by atoms with Gasteiger partial charge >= 0.3 is 0 Å². The highest BCUT2D eigenvalue weighted by atomic mass is 32.2. The van der Waals surface area contributed by atoms with Gasteiger partial charge in [0.25, 0.3) is 0 Å². The molecule has 1 aliphatic carbocycles. The summed E-state index contributed by atoms with van der Waals surface area (Å²) in [5, 5.41) is 0. The van der Waals surface area contributed by atoms with Crippen LogP contribution in [0, 0.1) is 6.92 Å². The Morgan fingerprint density at radius 1 is 1.09 bits per heavy atom. The molecule has 0 radical (unpaired) electrons. The number of allylic oxidation sites excluding steroid dienone is 1. The molecular formula is C17H19NO3S. The molecule has 116 valence electrons. The number of aryl methyl sites for hydroxylation is 1. The smallest absolute Gasteiger partial charge is 0.243 e. The van der Waals surface area contributed by atoms with Crippen molar-refractivity contribution < 1.29 is 13.2 Å². The fourth-order valence-corrected chi connectivity index (χ4v) is 4.36. The van der Waals surface area contributed by atoms with Gasteiger partial charge in [-0.25, -0.2) is 8.42 Å². The number of nitrogens with zero attached hydrogens (tertiary/aromatic N) is 1. The lowest BCUT2D eigenvalue weighted by Gasteiger charge is -2.21. The molecule has 3 rings (SSSR count). The Labute approximate surface area is 131 Å². The molecule has 0 bridgehead atoms. The molecule has 1 aromatic rings. The largest absolute Gasteiger partial charge is 0.294 e. The van der Waals surface area contributed by atoms with Crippen molar-refractivity contribution in [1.29, 1.82) is 0 Å². The zero-order valence-electron chi connectivity index (χ0n) is 12.8. The van der Waals surface area contributed by atoms with E-state index in [2.05, 4.69) is 0 Å². The van der Waals surface area contributed by atoms with Gasteiger partial charge in [0, 0.05) is 19.5 Å². The van der Waals surface area contributed by atoms with Gasteiger partial charge < -0.3 is 0 Å². The van der Waals surface area contributed by atoms with Crippen LogP contribution in [0.4, 0.5) is 0 Å². The first-order valence-corrected chi connectivity index (χ1v) is 8.83. The summed E-state index contributed by atoms with van der Waals surface area (Å²) in [4.78, 5) is 12.2. The second-order valence-corrected chi connectivity index (χ2v) is 7.81. The van der Waals surface area contributed by atoms with Crippen LogP contribution in [0.1, 0.15) is 25.3 Å². The Morgan fingerprint density at radius 3 is 2.45 bits per heavy atom. The van der Waals surface area contributed by atoms with Crippen LogP contribution in [0.15, 0.2) is 52.0 Å². The monoisotopic (exact) mass is 317 g/mol. The van der Waals surface area contributed by atoms with Gasteiger partial charge in [0.1, 0.15) is 0 Å². The van der Waals surface area contributed by atoms with Gasteiger partial charge in [0.05, 0.1) is 4.90 Å². The SMILES string of the molecule is CC1=C2CN(S(=O)(=O)c3ccc(C)cc3)CCC=C2CC1=O. The third-order valence-corrected chi connectivity index (χ3v) is 6.23. The highest BCUT2D eigenvalue weighted by Crippen LogP contribution is 2.33. The van der Waals surface area contributed by atoms with Crippen LogP contribution < -0.4 is 0 Å². The van der Waals surface area contributed by atoms with Gasteiger partial charge in [-0.15, -0.1) is 0 Å². The topological polar surface area (TPSA) is 54.5 Å². The predicted molar refractivity (Wildman–Crippen MR) is 85.0 cm³/mol. The average molecular weight is 317 g/mol. The van der Waals surface area contributed by atoms with E-state index in [9.17, 15) is 13.2 Å². The number of fused-ring (bicyclic) bond motifs is 1. The highest BCUT2D eigenvalue weighted by molar-refractivity contribution is 7.89. The van der Waals surface area contributed by atoms with E-state index in [4.69, 9.17) is 0 Å². The molecule has 0 saturated carbocycles. The second-order valence-electron chi connectivity index (χ2n) is 5.87. The van der Waals surface area contributed by atoms with Crippen LogP contribution in [0.5, 0.6) is 0 Å². The summed E-state index contributed by atoms with van der Waals surface area (Å²) in [6, 6.07) is 6.89. The van der Waals surface area contributed by atoms with E-state index < -0.39 is 10.0 Å². The number of ketones is 1. The van der Waals surface area contributed by atoms with Crippen LogP contribution in [-0.4, -0.2) is 31.6 Å². The summed E-state index contributed by atoms with van der Waals surface area (Å²) in [6.45, 7) is 4.46. The summed E-state index contributed by atoms with van der Waals surface area (Å²) >= 11 is 0. The predicted octanol–water partition coefficient (Wildman–Crippen LogP) is 2.61. The van der Waals surface area contributed by atoms with Gasteiger partial charge in [-0.05, 0) is 49.1 Å². The first kappa shape index (κ1) is 15.2. The number of hydrogen-bond donors (Lipinski definition) is 0. The lowest BCUT2D eigenvalue weighted by atomic mass is 10.1. The average Bonchev–Trinajstić information content (AvgIpc) is 2.66. The van der Waals surface area contributed by atoms with E-state index in [0.29, 0.717) is 36.4 Å². The Morgan fingerprint density at radius 2 is 1.77 bits per heavy atom. The molecule has 1 aliphatic heterocycles. The van der Waals surface area contributed by atoms with Crippen molar-refractivity contribution in [2.45, 2.75) is 31.6 Å². The van der Waals surface area contributed by atoms with Gasteiger partial charge in [0.2, 0.25) is 10.0 Å². The summed E-state index contributed by atoms with van der Waals surface area (Å²) in [5.41, 5.74) is 3.62. The number of carbonyl (C=O) groups excluding carboxylic acids is 1. The maximum Gasteiger partial charge on any atom is 0.243 e. The zero-order valence-corrected chi connectivity index (χ0v) is 13.6. The van der Waals surface area contributed by atoms with E-state index in [-0.39, 0.29) is 5.78 Å². The number of carbonyl (C=O) groups is 1. The van der Waals surface area contributed by atoms with Crippen LogP contribution in [0.25, 0.3) is 0 Å². The third kappa shape index (κ3) is 2.55. The molecule has 0 unspecified atom stereocenters. The third-order valence-electron chi connectivity index (χ3n) is 4.37. The molecule has 0 N–H and O–H groups in total. The minimum atomic E-state index is -3.53. The van der Waals surface area contributed by atoms with Gasteiger partial charge in [-0.2, -0.15) is 4.31 Å². The van der Waals surface area contributed by atoms with E-state index in [1.54, 1.807) is 31.2 Å². The van der Waals surface area contributed by atoms with Crippen molar-refractivity contribution >= 4 is 15.8 Å². The fraction of sp³-hybridized carbons (Fsp3) is 0.353. The minimum Gasteiger partial charge on any atom is -0.294 e. The standard InChI is InChI=1S/C17H19NO3S/c1-12-5-7-15(8-6-12)22(20,21)18-9-3-4-14-10-17(19)13(2)16(14)11-18/h4-8H,3,9-11H2,1-2H3. The summed E-state index contributed by atoms with van der Waals surface area (Å²) < 4.78 is 27.1. The maximum atomic E-state index is 12.8. The molecule has 5 heteroatoms. The van der Waals surface area contributed by atoms with Gasteiger partial charge in [0.15, 0.2) is 5.78 Å². The first-order valence-electron chi connectivity index (χ1n) is 7.39. The lowest BCUT2D eigenvalue weighted by Crippen LogP contribution is -2.33. The molecule has 4 nitrogen and oxygen atoms in total. The van der Waals surface area contributed by atoms with Crippen LogP contribution in [0.2, 0.25) is 0 Å². The van der Waals surface area contributed by atoms with E-state index in [1.807, 2.05) is 13.0 Å². The molecule has 2 aliphatic rings. The molecule has 1 aromatic carbocycles. The maximum absolute atomic E-state index is 12.8. The number of benzene rings is 1. The highest BCUT2D eigenvalue weighted by Gasteiger charge is 2.32. The van der Waals surface area contributed by atoms with Crippen LogP contribution in [-0.2, 0) is 14.8 Å². The quantitative estimate of drug-likeness (QED) is 0.842. The summed E-state index contributed by atoms with van der Waals surface area (Å²) in [6.07, 6.45) is 3.07. The summed E-state index contributed by atoms with van der Waals surface area (Å²) in [5.74, 6) is 0.107. The summed E-state index contributed by atoms with van der Waals surface area (Å²) in [7, 11) is -3.53. The molecule has 0 aromatic heterocycles. The normalized spacial score (nSPS) is 19.9. The second kappa shape index (κ2) is 5.48. The van der Waals surface area contributed by atoms with Crippen molar-refractivity contribution in [1.82, 2.24) is 4.31 Å². The van der Waals surface area contributed by atoms with Crippen molar-refractivity contribution in [3.8, 4) is 0 Å². The molecule has 0 atom stereocenters. The molecule has 0 fully saturated rings. The molecule has 0 saturated heterocycles. The molecule has 1 heterocycles. The van der Waals surface area contributed by atoms with Crippen LogP contribution in [0.3, 0.4) is 0 Å². The molecule has 0 amide bonds. The molecule has 0 spiro atoms. The van der Waals surface area contributed by atoms with E-state index in [0.717, 1.165) is 16.7 Å². The Kier molecular flexibility index (Phi) is 3.78. The Bertz CT molecular complexity index is 786. The molecule has 22 heavy (non-hydrogen) atoms.